The average molecular weight is 355 g/mol. The van der Waals surface area contributed by atoms with Crippen molar-refractivity contribution in [2.75, 3.05) is 19.6 Å². The number of thiophene rings is 1. The van der Waals surface area contributed by atoms with Crippen LogP contribution in [-0.4, -0.2) is 37.5 Å². The summed E-state index contributed by atoms with van der Waals surface area (Å²) >= 11 is 1.76. The van der Waals surface area contributed by atoms with E-state index >= 15 is 0 Å². The third-order valence-electron chi connectivity index (χ3n) is 3.52. The Morgan fingerprint density at radius 3 is 2.46 bits per heavy atom. The topological polar surface area (TPSA) is 110 Å². The predicted octanol–water partition coefficient (Wildman–Crippen LogP) is 0.788. The molecule has 136 valence electrons. The fourth-order valence-corrected chi connectivity index (χ4v) is 3.33. The van der Waals surface area contributed by atoms with Gasteiger partial charge in [-0.05, 0) is 50.3 Å². The zero-order chi connectivity index (χ0) is 17.9. The maximum absolute atomic E-state index is 11.8. The van der Waals surface area contributed by atoms with Gasteiger partial charge in [-0.2, -0.15) is 0 Å². The molecule has 0 aliphatic rings. The van der Waals surface area contributed by atoms with E-state index in [1.807, 2.05) is 13.8 Å². The van der Waals surface area contributed by atoms with E-state index < -0.39 is 6.04 Å². The number of nitrogens with one attached hydrogen (secondary N) is 2. The molecule has 0 aliphatic heterocycles. The molecule has 0 bridgehead atoms. The Kier molecular flexibility index (Phi) is 9.59. The summed E-state index contributed by atoms with van der Waals surface area (Å²) in [6.45, 7) is 5.24. The van der Waals surface area contributed by atoms with Gasteiger partial charge in [-0.1, -0.05) is 13.8 Å². The molecular weight excluding hydrogens is 324 g/mol. The lowest BCUT2D eigenvalue weighted by molar-refractivity contribution is -0.127. The summed E-state index contributed by atoms with van der Waals surface area (Å²) in [5.41, 5.74) is 11.3. The molecule has 1 rings (SSSR count). The molecule has 0 fully saturated rings. The van der Waals surface area contributed by atoms with Gasteiger partial charge < -0.3 is 22.1 Å². The molecule has 24 heavy (non-hydrogen) atoms. The number of carbonyl (C=O) groups is 2. The SMILES string of the molecule is CC(C)C[C@H](N)C(=O)NCC(=O)NCCc1ccc(CCCN)s1. The highest BCUT2D eigenvalue weighted by Crippen LogP contribution is 2.18. The van der Waals surface area contributed by atoms with E-state index in [0.29, 0.717) is 25.4 Å². The number of carbonyl (C=O) groups excluding carboxylic acids is 2. The molecule has 6 N–H and O–H groups in total. The van der Waals surface area contributed by atoms with Gasteiger partial charge in [0.1, 0.15) is 0 Å². The van der Waals surface area contributed by atoms with Crippen LogP contribution in [0, 0.1) is 5.92 Å². The molecule has 0 saturated heterocycles. The second kappa shape index (κ2) is 11.2. The number of nitrogens with two attached hydrogens (primary N) is 2. The van der Waals surface area contributed by atoms with Gasteiger partial charge in [-0.3, -0.25) is 9.59 Å². The monoisotopic (exact) mass is 354 g/mol. The van der Waals surface area contributed by atoms with Crippen molar-refractivity contribution in [1.82, 2.24) is 10.6 Å². The first-order chi connectivity index (χ1) is 11.4. The number of hydrogen-bond donors (Lipinski definition) is 4. The van der Waals surface area contributed by atoms with E-state index in [0.717, 1.165) is 19.3 Å². The molecule has 1 atom stereocenters. The van der Waals surface area contributed by atoms with Gasteiger partial charge in [-0.15, -0.1) is 11.3 Å². The minimum Gasteiger partial charge on any atom is -0.354 e. The first-order valence-corrected chi connectivity index (χ1v) is 9.31. The summed E-state index contributed by atoms with van der Waals surface area (Å²) in [7, 11) is 0. The Bertz CT molecular complexity index is 516. The van der Waals surface area contributed by atoms with Crippen molar-refractivity contribution in [3.8, 4) is 0 Å². The molecule has 2 amide bonds. The van der Waals surface area contributed by atoms with Crippen LogP contribution in [0.5, 0.6) is 0 Å². The lowest BCUT2D eigenvalue weighted by atomic mass is 10.0. The summed E-state index contributed by atoms with van der Waals surface area (Å²) in [6.07, 6.45) is 3.41. The van der Waals surface area contributed by atoms with Crippen molar-refractivity contribution >= 4 is 23.2 Å². The Balaban J connectivity index is 2.19. The van der Waals surface area contributed by atoms with Crippen LogP contribution in [0.2, 0.25) is 0 Å². The lowest BCUT2D eigenvalue weighted by Gasteiger charge is -2.14. The van der Waals surface area contributed by atoms with E-state index in [9.17, 15) is 9.59 Å². The molecule has 0 unspecified atom stereocenters. The van der Waals surface area contributed by atoms with Gasteiger partial charge in [0.05, 0.1) is 12.6 Å². The first-order valence-electron chi connectivity index (χ1n) is 8.50. The molecule has 0 saturated carbocycles. The van der Waals surface area contributed by atoms with E-state index in [-0.39, 0.29) is 18.4 Å². The van der Waals surface area contributed by atoms with Crippen molar-refractivity contribution in [3.63, 3.8) is 0 Å². The van der Waals surface area contributed by atoms with Gasteiger partial charge in [0.25, 0.3) is 0 Å². The molecule has 0 spiro atoms. The largest absolute Gasteiger partial charge is 0.354 e. The highest BCUT2D eigenvalue weighted by atomic mass is 32.1. The summed E-state index contributed by atoms with van der Waals surface area (Å²) in [4.78, 5) is 26.1. The molecule has 0 aromatic carbocycles. The normalized spacial score (nSPS) is 12.2. The zero-order valence-corrected chi connectivity index (χ0v) is 15.5. The van der Waals surface area contributed by atoms with Crippen LogP contribution >= 0.6 is 11.3 Å². The summed E-state index contributed by atoms with van der Waals surface area (Å²) < 4.78 is 0. The number of aryl methyl sites for hydroxylation is 1. The third-order valence-corrected chi connectivity index (χ3v) is 4.73. The fraction of sp³-hybridized carbons (Fsp3) is 0.647. The van der Waals surface area contributed by atoms with Gasteiger partial charge in [0, 0.05) is 16.3 Å². The maximum Gasteiger partial charge on any atom is 0.239 e. The van der Waals surface area contributed by atoms with Crippen molar-refractivity contribution < 1.29 is 9.59 Å². The molecule has 0 aliphatic carbocycles. The lowest BCUT2D eigenvalue weighted by Crippen LogP contribution is -2.45. The van der Waals surface area contributed by atoms with Crippen molar-refractivity contribution in [2.45, 2.75) is 45.6 Å². The highest BCUT2D eigenvalue weighted by Gasteiger charge is 2.15. The van der Waals surface area contributed by atoms with Crippen LogP contribution in [0.15, 0.2) is 12.1 Å². The smallest absolute Gasteiger partial charge is 0.239 e. The van der Waals surface area contributed by atoms with Gasteiger partial charge in [-0.25, -0.2) is 0 Å². The molecule has 1 aromatic heterocycles. The molecule has 7 heteroatoms. The van der Waals surface area contributed by atoms with Crippen molar-refractivity contribution in [3.05, 3.63) is 21.9 Å². The van der Waals surface area contributed by atoms with Crippen LogP contribution in [0.25, 0.3) is 0 Å². The molecule has 6 nitrogen and oxygen atoms in total. The first kappa shape index (κ1) is 20.6. The summed E-state index contributed by atoms with van der Waals surface area (Å²) in [5.74, 6) is -0.123. The standard InChI is InChI=1S/C17H30N4O2S/c1-12(2)10-15(19)17(23)21-11-16(22)20-9-7-14-6-5-13(24-14)4-3-8-18/h5-6,12,15H,3-4,7-11,18-19H2,1-2H3,(H,20,22)(H,21,23)/t15-/m0/s1. The second-order valence-electron chi connectivity index (χ2n) is 6.31. The third kappa shape index (κ3) is 8.42. The van der Waals surface area contributed by atoms with E-state index in [1.54, 1.807) is 11.3 Å². The van der Waals surface area contributed by atoms with Crippen LogP contribution in [0.4, 0.5) is 0 Å². The zero-order valence-electron chi connectivity index (χ0n) is 14.6. The summed E-state index contributed by atoms with van der Waals surface area (Å²) in [6, 6.07) is 3.65. The Labute approximate surface area is 148 Å². The number of hydrogen-bond acceptors (Lipinski definition) is 5. The van der Waals surface area contributed by atoms with E-state index in [4.69, 9.17) is 11.5 Å². The van der Waals surface area contributed by atoms with Crippen molar-refractivity contribution in [1.29, 1.82) is 0 Å². The van der Waals surface area contributed by atoms with Crippen molar-refractivity contribution in [2.24, 2.45) is 17.4 Å². The van der Waals surface area contributed by atoms with Gasteiger partial charge >= 0.3 is 0 Å². The Morgan fingerprint density at radius 1 is 1.17 bits per heavy atom. The van der Waals surface area contributed by atoms with Gasteiger partial charge in [0.2, 0.25) is 11.8 Å². The molecular formula is C17H30N4O2S. The Morgan fingerprint density at radius 2 is 1.83 bits per heavy atom. The number of amides is 2. The van der Waals surface area contributed by atoms with Crippen LogP contribution in [0.3, 0.4) is 0 Å². The Hall–Kier alpha value is -1.44. The highest BCUT2D eigenvalue weighted by molar-refractivity contribution is 7.11. The summed E-state index contributed by atoms with van der Waals surface area (Å²) in [5, 5.41) is 5.39. The van der Waals surface area contributed by atoms with Crippen LogP contribution in [-0.2, 0) is 22.4 Å². The van der Waals surface area contributed by atoms with Crippen LogP contribution in [0.1, 0.15) is 36.4 Å². The quantitative estimate of drug-likeness (QED) is 0.471. The number of rotatable bonds is 11. The van der Waals surface area contributed by atoms with E-state index in [2.05, 4.69) is 22.8 Å². The van der Waals surface area contributed by atoms with Crippen LogP contribution < -0.4 is 22.1 Å². The van der Waals surface area contributed by atoms with E-state index in [1.165, 1.54) is 9.75 Å². The minimum atomic E-state index is -0.559. The molecule has 1 heterocycles. The minimum absolute atomic E-state index is 0.0309. The second-order valence-corrected chi connectivity index (χ2v) is 7.57. The molecule has 1 aromatic rings. The van der Waals surface area contributed by atoms with Gasteiger partial charge in [0.15, 0.2) is 0 Å². The fourth-order valence-electron chi connectivity index (χ4n) is 2.27. The molecule has 0 radical (unpaired) electrons. The predicted molar refractivity (Wildman–Crippen MR) is 98.8 cm³/mol. The maximum atomic E-state index is 11.8. The average Bonchev–Trinajstić information content (AvgIpc) is 2.97.